The number of phenolic OH excluding ortho intramolecular Hbond substituents is 1. The summed E-state index contributed by atoms with van der Waals surface area (Å²) in [5.74, 6) is 0.0599. The zero-order valence-electron chi connectivity index (χ0n) is 9.95. The first-order chi connectivity index (χ1) is 7.20. The van der Waals surface area contributed by atoms with Crippen molar-refractivity contribution in [3.63, 3.8) is 0 Å². The summed E-state index contributed by atoms with van der Waals surface area (Å²) in [7, 11) is 0. The SMILES string of the molecule is [2H]c1c(O)cccc1N(CCC)CCC. The van der Waals surface area contributed by atoms with Gasteiger partial charge in [0.15, 0.2) is 0 Å². The molecule has 78 valence electrons. The first-order valence-corrected chi connectivity index (χ1v) is 5.24. The third-order valence-electron chi connectivity index (χ3n) is 2.09. The van der Waals surface area contributed by atoms with Crippen molar-refractivity contribution >= 4 is 5.69 Å². The number of anilines is 1. The van der Waals surface area contributed by atoms with Crippen LogP contribution in [-0.4, -0.2) is 18.2 Å². The van der Waals surface area contributed by atoms with E-state index in [1.54, 1.807) is 12.1 Å². The van der Waals surface area contributed by atoms with Gasteiger partial charge in [-0.1, -0.05) is 19.9 Å². The molecule has 0 bridgehead atoms. The summed E-state index contributed by atoms with van der Waals surface area (Å²) in [5, 5.41) is 9.47. The van der Waals surface area contributed by atoms with Crippen LogP contribution in [0, 0.1) is 0 Å². The quantitative estimate of drug-likeness (QED) is 0.778. The van der Waals surface area contributed by atoms with Crippen molar-refractivity contribution < 1.29 is 6.48 Å². The molecule has 0 aliphatic rings. The average Bonchev–Trinajstić information content (AvgIpc) is 2.22. The molecule has 1 aromatic rings. The number of aromatic hydroxyl groups is 1. The molecule has 14 heavy (non-hydrogen) atoms. The van der Waals surface area contributed by atoms with E-state index in [0.29, 0.717) is 0 Å². The van der Waals surface area contributed by atoms with Crippen LogP contribution in [-0.2, 0) is 0 Å². The molecule has 0 unspecified atom stereocenters. The fraction of sp³-hybridized carbons (Fsp3) is 0.500. The predicted molar refractivity (Wildman–Crippen MR) is 60.9 cm³/mol. The highest BCUT2D eigenvalue weighted by molar-refractivity contribution is 5.50. The smallest absolute Gasteiger partial charge is 0.117 e. The van der Waals surface area contributed by atoms with Gasteiger partial charge in [0.05, 0.1) is 1.37 Å². The number of rotatable bonds is 5. The molecule has 0 atom stereocenters. The van der Waals surface area contributed by atoms with Gasteiger partial charge in [0.25, 0.3) is 0 Å². The topological polar surface area (TPSA) is 23.5 Å². The molecule has 0 aromatic heterocycles. The van der Waals surface area contributed by atoms with Crippen LogP contribution in [0.2, 0.25) is 0 Å². The molecular weight excluding hydrogens is 174 g/mol. The lowest BCUT2D eigenvalue weighted by atomic mass is 10.2. The molecule has 0 aliphatic carbocycles. The highest BCUT2D eigenvalue weighted by Gasteiger charge is 2.03. The first-order valence-electron chi connectivity index (χ1n) is 5.74. The Bertz CT molecular complexity index is 308. The molecule has 0 heterocycles. The van der Waals surface area contributed by atoms with Gasteiger partial charge in [0.2, 0.25) is 0 Å². The Morgan fingerprint density at radius 2 is 1.93 bits per heavy atom. The van der Waals surface area contributed by atoms with Gasteiger partial charge in [-0.2, -0.15) is 0 Å². The van der Waals surface area contributed by atoms with E-state index in [1.807, 2.05) is 6.07 Å². The number of hydrogen-bond acceptors (Lipinski definition) is 2. The zero-order valence-corrected chi connectivity index (χ0v) is 8.95. The lowest BCUT2D eigenvalue weighted by Gasteiger charge is -2.23. The van der Waals surface area contributed by atoms with E-state index >= 15 is 0 Å². The van der Waals surface area contributed by atoms with Gasteiger partial charge in [-0.3, -0.25) is 0 Å². The Balaban J connectivity index is 2.94. The molecule has 1 aromatic carbocycles. The molecule has 0 saturated heterocycles. The largest absolute Gasteiger partial charge is 0.508 e. The van der Waals surface area contributed by atoms with E-state index in [2.05, 4.69) is 18.7 Å². The second kappa shape index (κ2) is 5.53. The van der Waals surface area contributed by atoms with Crippen molar-refractivity contribution in [3.8, 4) is 5.75 Å². The van der Waals surface area contributed by atoms with E-state index in [-0.39, 0.29) is 11.8 Å². The number of nitrogens with zero attached hydrogens (tertiary/aromatic N) is 1. The number of benzene rings is 1. The Labute approximate surface area is 87.6 Å². The second-order valence-corrected chi connectivity index (χ2v) is 3.41. The molecule has 0 fully saturated rings. The maximum atomic E-state index is 9.47. The molecule has 2 nitrogen and oxygen atoms in total. The van der Waals surface area contributed by atoms with Crippen molar-refractivity contribution in [2.75, 3.05) is 18.0 Å². The van der Waals surface area contributed by atoms with E-state index < -0.39 is 0 Å². The maximum absolute atomic E-state index is 9.47. The van der Waals surface area contributed by atoms with Crippen molar-refractivity contribution in [2.45, 2.75) is 26.7 Å². The maximum Gasteiger partial charge on any atom is 0.117 e. The summed E-state index contributed by atoms with van der Waals surface area (Å²) in [4.78, 5) is 2.15. The minimum atomic E-state index is 0.0599. The van der Waals surface area contributed by atoms with Gasteiger partial charge >= 0.3 is 0 Å². The molecule has 1 N–H and O–H groups in total. The summed E-state index contributed by atoms with van der Waals surface area (Å²) >= 11 is 0. The van der Waals surface area contributed by atoms with Crippen LogP contribution < -0.4 is 4.90 Å². The minimum Gasteiger partial charge on any atom is -0.508 e. The monoisotopic (exact) mass is 194 g/mol. The third-order valence-corrected chi connectivity index (χ3v) is 2.09. The highest BCUT2D eigenvalue weighted by Crippen LogP contribution is 2.20. The van der Waals surface area contributed by atoms with Gasteiger partial charge < -0.3 is 10.0 Å². The molecule has 0 spiro atoms. The molecule has 0 aliphatic heterocycles. The van der Waals surface area contributed by atoms with E-state index in [9.17, 15) is 5.11 Å². The van der Waals surface area contributed by atoms with Crippen molar-refractivity contribution in [2.24, 2.45) is 0 Å². The average molecular weight is 194 g/mol. The van der Waals surface area contributed by atoms with Crippen LogP contribution >= 0.6 is 0 Å². The molecule has 0 radical (unpaired) electrons. The Kier molecular flexibility index (Phi) is 3.70. The Hall–Kier alpha value is -1.18. The van der Waals surface area contributed by atoms with E-state index in [4.69, 9.17) is 1.37 Å². The van der Waals surface area contributed by atoms with Crippen molar-refractivity contribution in [1.82, 2.24) is 0 Å². The van der Waals surface area contributed by atoms with Crippen LogP contribution in [0.15, 0.2) is 24.2 Å². The van der Waals surface area contributed by atoms with E-state index in [1.165, 1.54) is 0 Å². The third kappa shape index (κ3) is 2.95. The highest BCUT2D eigenvalue weighted by atomic mass is 16.3. The minimum absolute atomic E-state index is 0.0599. The standard InChI is InChI=1S/C12H19NO/c1-3-8-13(9-4-2)11-6-5-7-12(14)10-11/h5-7,10,14H,3-4,8-9H2,1-2H3/i10D. The van der Waals surface area contributed by atoms with Gasteiger partial charge in [-0.15, -0.1) is 0 Å². The normalized spacial score (nSPS) is 11.1. The van der Waals surface area contributed by atoms with Crippen LogP contribution in [0.3, 0.4) is 0 Å². The Morgan fingerprint density at radius 1 is 1.29 bits per heavy atom. The van der Waals surface area contributed by atoms with Gasteiger partial charge in [0.1, 0.15) is 5.75 Å². The first kappa shape index (κ1) is 9.38. The molecule has 1 rings (SSSR count). The number of hydrogen-bond donors (Lipinski definition) is 1. The Morgan fingerprint density at radius 3 is 2.50 bits per heavy atom. The fourth-order valence-corrected chi connectivity index (χ4v) is 1.52. The summed E-state index contributed by atoms with van der Waals surface area (Å²) in [6.45, 7) is 6.11. The van der Waals surface area contributed by atoms with Crippen LogP contribution in [0.25, 0.3) is 0 Å². The fourth-order valence-electron chi connectivity index (χ4n) is 1.52. The van der Waals surface area contributed by atoms with E-state index in [0.717, 1.165) is 31.6 Å². The van der Waals surface area contributed by atoms with Crippen LogP contribution in [0.5, 0.6) is 5.75 Å². The van der Waals surface area contributed by atoms with Gasteiger partial charge in [0, 0.05) is 24.8 Å². The molecule has 2 heteroatoms. The lowest BCUT2D eigenvalue weighted by molar-refractivity contribution is 0.475. The molecule has 0 amide bonds. The predicted octanol–water partition coefficient (Wildman–Crippen LogP) is 3.02. The van der Waals surface area contributed by atoms with Gasteiger partial charge in [-0.25, -0.2) is 0 Å². The van der Waals surface area contributed by atoms with Crippen molar-refractivity contribution in [1.29, 1.82) is 0 Å². The van der Waals surface area contributed by atoms with Gasteiger partial charge in [-0.05, 0) is 25.0 Å². The summed E-state index contributed by atoms with van der Waals surface area (Å²) < 4.78 is 7.79. The lowest BCUT2D eigenvalue weighted by Crippen LogP contribution is -2.24. The van der Waals surface area contributed by atoms with Crippen LogP contribution in [0.4, 0.5) is 5.69 Å². The molecule has 0 saturated carbocycles. The summed E-state index contributed by atoms with van der Waals surface area (Å²) in [5.41, 5.74) is 0.832. The van der Waals surface area contributed by atoms with Crippen molar-refractivity contribution in [3.05, 3.63) is 24.2 Å². The second-order valence-electron chi connectivity index (χ2n) is 3.41. The number of phenols is 1. The zero-order chi connectivity index (χ0) is 11.3. The van der Waals surface area contributed by atoms with Crippen LogP contribution in [0.1, 0.15) is 28.1 Å². The summed E-state index contributed by atoms with van der Waals surface area (Å²) in [6, 6.07) is 5.48. The molecular formula is C12H19NO. The summed E-state index contributed by atoms with van der Waals surface area (Å²) in [6.07, 6.45) is 2.10.